The average Bonchev–Trinajstić information content (AvgIpc) is 2.60. The molecular weight excluding hydrogens is 250 g/mol. The number of hydrogen-bond acceptors (Lipinski definition) is 2. The molecule has 4 heteroatoms. The number of nitrogens with zero attached hydrogens (tertiary/aromatic N) is 1. The molecule has 3 nitrogen and oxygen atoms in total. The van der Waals surface area contributed by atoms with Crippen LogP contribution in [0, 0.1) is 13.8 Å². The number of carbonyl (C=O) groups is 1. The first-order valence-electron chi connectivity index (χ1n) is 6.33. The molecule has 18 heavy (non-hydrogen) atoms. The Balaban J connectivity index is 2.78. The predicted molar refractivity (Wildman–Crippen MR) is 74.7 cm³/mol. The molecule has 0 saturated carbocycles. The molecule has 0 aliphatic heterocycles. The molecule has 0 spiro atoms. The van der Waals surface area contributed by atoms with Crippen LogP contribution in [-0.4, -0.2) is 29.4 Å². The van der Waals surface area contributed by atoms with Crippen LogP contribution in [0.25, 0.3) is 0 Å². The van der Waals surface area contributed by atoms with Crippen molar-refractivity contribution in [2.24, 2.45) is 0 Å². The number of aromatic nitrogens is 1. The third kappa shape index (κ3) is 3.59. The van der Waals surface area contributed by atoms with Gasteiger partial charge in [0.2, 0.25) is 0 Å². The Bertz CT molecular complexity index is 410. The summed E-state index contributed by atoms with van der Waals surface area (Å²) in [4.78, 5) is 11.9. The summed E-state index contributed by atoms with van der Waals surface area (Å²) >= 11 is 5.87. The SMILES string of the molecule is COCCCCn1c(C)cc(C(=O)C(C)Cl)c1C. The lowest BCUT2D eigenvalue weighted by molar-refractivity contribution is 0.0991. The van der Waals surface area contributed by atoms with Crippen LogP contribution in [0.1, 0.15) is 41.5 Å². The summed E-state index contributed by atoms with van der Waals surface area (Å²) in [5.74, 6) is 0.00732. The van der Waals surface area contributed by atoms with Crippen LogP contribution >= 0.6 is 11.6 Å². The van der Waals surface area contributed by atoms with E-state index in [4.69, 9.17) is 16.3 Å². The number of aryl methyl sites for hydroxylation is 1. The normalized spacial score (nSPS) is 12.7. The maximum Gasteiger partial charge on any atom is 0.182 e. The van der Waals surface area contributed by atoms with Crippen molar-refractivity contribution in [1.29, 1.82) is 0 Å². The smallest absolute Gasteiger partial charge is 0.182 e. The Morgan fingerprint density at radius 3 is 2.67 bits per heavy atom. The van der Waals surface area contributed by atoms with Crippen molar-refractivity contribution in [2.45, 2.75) is 45.5 Å². The van der Waals surface area contributed by atoms with Gasteiger partial charge in [-0.1, -0.05) is 0 Å². The van der Waals surface area contributed by atoms with Crippen LogP contribution in [-0.2, 0) is 11.3 Å². The van der Waals surface area contributed by atoms with E-state index < -0.39 is 5.38 Å². The number of carbonyl (C=O) groups excluding carboxylic acids is 1. The maximum atomic E-state index is 11.9. The topological polar surface area (TPSA) is 31.2 Å². The molecule has 0 bridgehead atoms. The molecule has 1 unspecified atom stereocenters. The predicted octanol–water partition coefficient (Wildman–Crippen LogP) is 3.34. The molecule has 1 heterocycles. The number of Topliss-reactive ketones (excluding diaryl/α,β-unsaturated/α-hetero) is 1. The first-order valence-corrected chi connectivity index (χ1v) is 6.76. The summed E-state index contributed by atoms with van der Waals surface area (Å²) in [5, 5.41) is -0.465. The number of hydrogen-bond donors (Lipinski definition) is 0. The highest BCUT2D eigenvalue weighted by molar-refractivity contribution is 6.33. The summed E-state index contributed by atoms with van der Waals surface area (Å²) in [6.45, 7) is 7.43. The van der Waals surface area contributed by atoms with Crippen LogP contribution in [0.4, 0.5) is 0 Å². The minimum absolute atomic E-state index is 0.00732. The quantitative estimate of drug-likeness (QED) is 0.433. The Kier molecular flexibility index (Phi) is 5.89. The van der Waals surface area contributed by atoms with E-state index in [-0.39, 0.29) is 5.78 Å². The second kappa shape index (κ2) is 6.95. The number of rotatable bonds is 7. The van der Waals surface area contributed by atoms with Crippen molar-refractivity contribution in [3.63, 3.8) is 0 Å². The first-order chi connectivity index (χ1) is 8.49. The molecule has 0 saturated heterocycles. The number of halogens is 1. The van der Waals surface area contributed by atoms with Gasteiger partial charge in [0.15, 0.2) is 5.78 Å². The second-order valence-electron chi connectivity index (χ2n) is 4.62. The number of unbranched alkanes of at least 4 members (excludes halogenated alkanes) is 1. The van der Waals surface area contributed by atoms with Crippen molar-refractivity contribution in [1.82, 2.24) is 4.57 Å². The molecule has 1 aromatic heterocycles. The zero-order chi connectivity index (χ0) is 13.7. The van der Waals surface area contributed by atoms with Gasteiger partial charge in [0.25, 0.3) is 0 Å². The summed E-state index contributed by atoms with van der Waals surface area (Å²) in [6, 6.07) is 1.94. The summed E-state index contributed by atoms with van der Waals surface area (Å²) in [7, 11) is 1.71. The molecule has 0 aliphatic carbocycles. The largest absolute Gasteiger partial charge is 0.385 e. The molecule has 0 amide bonds. The van der Waals surface area contributed by atoms with Crippen molar-refractivity contribution in [3.8, 4) is 0 Å². The fourth-order valence-electron chi connectivity index (χ4n) is 2.13. The molecule has 0 radical (unpaired) electrons. The van der Waals surface area contributed by atoms with Gasteiger partial charge in [-0.25, -0.2) is 0 Å². The third-order valence-corrected chi connectivity index (χ3v) is 3.38. The van der Waals surface area contributed by atoms with Gasteiger partial charge in [-0.05, 0) is 39.7 Å². The van der Waals surface area contributed by atoms with Gasteiger partial charge in [-0.3, -0.25) is 4.79 Å². The Labute approximate surface area is 114 Å². The van der Waals surface area contributed by atoms with Gasteiger partial charge in [-0.2, -0.15) is 0 Å². The van der Waals surface area contributed by atoms with Gasteiger partial charge in [0, 0.05) is 37.2 Å². The maximum absolute atomic E-state index is 11.9. The van der Waals surface area contributed by atoms with Crippen LogP contribution < -0.4 is 0 Å². The molecular formula is C14H22ClNO2. The average molecular weight is 272 g/mol. The van der Waals surface area contributed by atoms with Gasteiger partial charge >= 0.3 is 0 Å². The van der Waals surface area contributed by atoms with E-state index >= 15 is 0 Å². The van der Waals surface area contributed by atoms with Crippen LogP contribution in [0.2, 0.25) is 0 Å². The standard InChI is InChI=1S/C14H22ClNO2/c1-10-9-13(14(17)11(2)15)12(3)16(10)7-5-6-8-18-4/h9,11H,5-8H2,1-4H3. The van der Waals surface area contributed by atoms with E-state index in [9.17, 15) is 4.79 Å². The minimum atomic E-state index is -0.465. The third-order valence-electron chi connectivity index (χ3n) is 3.18. The molecule has 1 atom stereocenters. The molecule has 1 aromatic rings. The number of ether oxygens (including phenoxy) is 1. The van der Waals surface area contributed by atoms with Crippen molar-refractivity contribution < 1.29 is 9.53 Å². The Hall–Kier alpha value is -0.800. The number of ketones is 1. The van der Waals surface area contributed by atoms with Gasteiger partial charge in [-0.15, -0.1) is 11.6 Å². The van der Waals surface area contributed by atoms with Crippen LogP contribution in [0.15, 0.2) is 6.07 Å². The molecule has 0 N–H and O–H groups in total. The van der Waals surface area contributed by atoms with Crippen molar-refractivity contribution in [3.05, 3.63) is 23.0 Å². The van der Waals surface area contributed by atoms with Gasteiger partial charge < -0.3 is 9.30 Å². The molecule has 102 valence electrons. The van der Waals surface area contributed by atoms with Gasteiger partial charge in [0.05, 0.1) is 5.38 Å². The van der Waals surface area contributed by atoms with Crippen molar-refractivity contribution >= 4 is 17.4 Å². The van der Waals surface area contributed by atoms with E-state index in [1.165, 1.54) is 0 Å². The highest BCUT2D eigenvalue weighted by atomic mass is 35.5. The minimum Gasteiger partial charge on any atom is -0.385 e. The lowest BCUT2D eigenvalue weighted by Gasteiger charge is -2.09. The highest BCUT2D eigenvalue weighted by Crippen LogP contribution is 2.19. The first kappa shape index (κ1) is 15.3. The molecule has 1 rings (SSSR count). The monoisotopic (exact) mass is 271 g/mol. The van der Waals surface area contributed by atoms with E-state index in [2.05, 4.69) is 4.57 Å². The molecule has 0 aromatic carbocycles. The van der Waals surface area contributed by atoms with E-state index in [0.29, 0.717) is 0 Å². The molecule has 0 aliphatic rings. The van der Waals surface area contributed by atoms with Crippen LogP contribution in [0.5, 0.6) is 0 Å². The fourth-order valence-corrected chi connectivity index (χ4v) is 2.24. The number of methoxy groups -OCH3 is 1. The summed E-state index contributed by atoms with van der Waals surface area (Å²) < 4.78 is 7.22. The Morgan fingerprint density at radius 2 is 2.11 bits per heavy atom. The second-order valence-corrected chi connectivity index (χ2v) is 5.27. The summed E-state index contributed by atoms with van der Waals surface area (Å²) in [6.07, 6.45) is 2.08. The number of alkyl halides is 1. The zero-order valence-corrected chi connectivity index (χ0v) is 12.4. The van der Waals surface area contributed by atoms with Crippen LogP contribution in [0.3, 0.4) is 0 Å². The Morgan fingerprint density at radius 1 is 1.44 bits per heavy atom. The lowest BCUT2D eigenvalue weighted by atomic mass is 10.1. The fraction of sp³-hybridized carbons (Fsp3) is 0.643. The highest BCUT2D eigenvalue weighted by Gasteiger charge is 2.18. The van der Waals surface area contributed by atoms with E-state index in [0.717, 1.165) is 42.9 Å². The summed E-state index contributed by atoms with van der Waals surface area (Å²) in [5.41, 5.74) is 2.88. The van der Waals surface area contributed by atoms with E-state index in [1.807, 2.05) is 19.9 Å². The van der Waals surface area contributed by atoms with E-state index in [1.54, 1.807) is 14.0 Å². The molecule has 0 fully saturated rings. The zero-order valence-electron chi connectivity index (χ0n) is 11.6. The lowest BCUT2D eigenvalue weighted by Crippen LogP contribution is -2.12. The van der Waals surface area contributed by atoms with Gasteiger partial charge in [0.1, 0.15) is 0 Å². The van der Waals surface area contributed by atoms with Crippen molar-refractivity contribution in [2.75, 3.05) is 13.7 Å².